The molecule has 1 aliphatic carbocycles. The Balaban J connectivity index is 2.03. The minimum Gasteiger partial charge on any atom is -0.461 e. The van der Waals surface area contributed by atoms with Crippen molar-refractivity contribution < 1.29 is 9.53 Å². The summed E-state index contributed by atoms with van der Waals surface area (Å²) in [5.74, 6) is 0.858. The molecule has 0 N–H and O–H groups in total. The zero-order valence-electron chi connectivity index (χ0n) is 11.6. The molecule has 0 spiro atoms. The van der Waals surface area contributed by atoms with Crippen molar-refractivity contribution in [3.8, 4) is 11.5 Å². The van der Waals surface area contributed by atoms with Crippen molar-refractivity contribution in [3.63, 3.8) is 0 Å². The zero-order chi connectivity index (χ0) is 14.1. The van der Waals surface area contributed by atoms with E-state index in [2.05, 4.69) is 15.3 Å². The van der Waals surface area contributed by atoms with Gasteiger partial charge in [-0.1, -0.05) is 5.21 Å². The van der Waals surface area contributed by atoms with Crippen LogP contribution >= 0.6 is 0 Å². The molecule has 106 valence electrons. The predicted molar refractivity (Wildman–Crippen MR) is 70.9 cm³/mol. The molecule has 3 rings (SSSR count). The molecule has 7 nitrogen and oxygen atoms in total. The number of nitrogens with zero attached hydrogens (tertiary/aromatic N) is 5. The first-order valence-corrected chi connectivity index (χ1v) is 6.79. The van der Waals surface area contributed by atoms with Crippen LogP contribution in [0.3, 0.4) is 0 Å². The van der Waals surface area contributed by atoms with Gasteiger partial charge in [-0.2, -0.15) is 0 Å². The van der Waals surface area contributed by atoms with Crippen LogP contribution in [0, 0.1) is 5.92 Å². The third kappa shape index (κ3) is 2.31. The summed E-state index contributed by atoms with van der Waals surface area (Å²) >= 11 is 0. The molecule has 0 aromatic carbocycles. The maximum absolute atomic E-state index is 12.0. The fourth-order valence-electron chi connectivity index (χ4n) is 2.14. The van der Waals surface area contributed by atoms with E-state index in [1.807, 2.05) is 17.8 Å². The Hall–Kier alpha value is -2.18. The van der Waals surface area contributed by atoms with Gasteiger partial charge in [-0.05, 0) is 25.7 Å². The monoisotopic (exact) mass is 275 g/mol. The molecule has 0 radical (unpaired) electrons. The predicted octanol–water partition coefficient (Wildman–Crippen LogP) is 1.27. The van der Waals surface area contributed by atoms with E-state index < -0.39 is 5.97 Å². The number of imidazole rings is 1. The van der Waals surface area contributed by atoms with E-state index in [-0.39, 0.29) is 5.69 Å². The SMILES string of the molecule is CCOC(=O)c1nnn(CC2CC2)c1-c1nccn1C. The highest BCUT2D eigenvalue weighted by Gasteiger charge is 2.29. The minimum atomic E-state index is -0.451. The summed E-state index contributed by atoms with van der Waals surface area (Å²) in [4.78, 5) is 16.3. The molecule has 1 fully saturated rings. The van der Waals surface area contributed by atoms with Gasteiger partial charge in [0.2, 0.25) is 5.69 Å². The summed E-state index contributed by atoms with van der Waals surface area (Å²) in [6.45, 7) is 2.86. The summed E-state index contributed by atoms with van der Waals surface area (Å²) in [6.07, 6.45) is 5.93. The van der Waals surface area contributed by atoms with Crippen molar-refractivity contribution in [2.75, 3.05) is 6.61 Å². The number of aryl methyl sites for hydroxylation is 1. The third-order valence-electron chi connectivity index (χ3n) is 3.36. The van der Waals surface area contributed by atoms with Gasteiger partial charge in [-0.25, -0.2) is 14.5 Å². The van der Waals surface area contributed by atoms with E-state index in [9.17, 15) is 4.79 Å². The topological polar surface area (TPSA) is 74.8 Å². The van der Waals surface area contributed by atoms with Gasteiger partial charge >= 0.3 is 5.97 Å². The lowest BCUT2D eigenvalue weighted by Crippen LogP contribution is -2.11. The molecule has 1 saturated carbocycles. The second kappa shape index (κ2) is 5.07. The van der Waals surface area contributed by atoms with Crippen LogP contribution in [0.2, 0.25) is 0 Å². The molecule has 1 aliphatic rings. The highest BCUT2D eigenvalue weighted by atomic mass is 16.5. The van der Waals surface area contributed by atoms with Gasteiger partial charge in [-0.15, -0.1) is 5.10 Å². The second-order valence-electron chi connectivity index (χ2n) is 4.99. The number of hydrogen-bond acceptors (Lipinski definition) is 5. The lowest BCUT2D eigenvalue weighted by atomic mass is 10.3. The average molecular weight is 275 g/mol. The van der Waals surface area contributed by atoms with Gasteiger partial charge in [-0.3, -0.25) is 0 Å². The quantitative estimate of drug-likeness (QED) is 0.768. The normalized spacial score (nSPS) is 14.5. The molecule has 20 heavy (non-hydrogen) atoms. The lowest BCUT2D eigenvalue weighted by Gasteiger charge is -2.07. The Morgan fingerprint density at radius 1 is 1.50 bits per heavy atom. The first-order valence-electron chi connectivity index (χ1n) is 6.79. The third-order valence-corrected chi connectivity index (χ3v) is 3.36. The smallest absolute Gasteiger partial charge is 0.361 e. The fraction of sp³-hybridized carbons (Fsp3) is 0.538. The first-order chi connectivity index (χ1) is 9.70. The summed E-state index contributed by atoms with van der Waals surface area (Å²) in [5, 5.41) is 8.11. The van der Waals surface area contributed by atoms with E-state index in [1.54, 1.807) is 17.8 Å². The summed E-state index contributed by atoms with van der Waals surface area (Å²) < 4.78 is 8.67. The maximum Gasteiger partial charge on any atom is 0.361 e. The van der Waals surface area contributed by atoms with E-state index in [4.69, 9.17) is 4.74 Å². The molecular formula is C13H17N5O2. The molecule has 0 aliphatic heterocycles. The molecule has 0 saturated heterocycles. The molecule has 0 amide bonds. The highest BCUT2D eigenvalue weighted by Crippen LogP contribution is 2.32. The van der Waals surface area contributed by atoms with E-state index in [0.29, 0.717) is 24.0 Å². The molecule has 7 heteroatoms. The highest BCUT2D eigenvalue weighted by molar-refractivity contribution is 5.93. The minimum absolute atomic E-state index is 0.238. The van der Waals surface area contributed by atoms with E-state index in [0.717, 1.165) is 6.54 Å². The fourth-order valence-corrected chi connectivity index (χ4v) is 2.14. The van der Waals surface area contributed by atoms with Gasteiger partial charge in [0.1, 0.15) is 5.69 Å². The summed E-state index contributed by atoms with van der Waals surface area (Å²) in [5.41, 5.74) is 0.879. The number of ether oxygens (including phenoxy) is 1. The number of carbonyl (C=O) groups is 1. The molecule has 2 aromatic rings. The average Bonchev–Trinajstić information content (AvgIpc) is 2.98. The van der Waals surface area contributed by atoms with Crippen molar-refractivity contribution >= 4 is 5.97 Å². The number of esters is 1. The van der Waals surface area contributed by atoms with E-state index >= 15 is 0 Å². The Morgan fingerprint density at radius 2 is 2.30 bits per heavy atom. The van der Waals surface area contributed by atoms with Crippen LogP contribution < -0.4 is 0 Å². The summed E-state index contributed by atoms with van der Waals surface area (Å²) in [6, 6.07) is 0. The zero-order valence-corrected chi connectivity index (χ0v) is 11.6. The number of aromatic nitrogens is 5. The van der Waals surface area contributed by atoms with Crippen molar-refractivity contribution in [1.82, 2.24) is 24.5 Å². The number of hydrogen-bond donors (Lipinski definition) is 0. The van der Waals surface area contributed by atoms with Crippen LogP contribution in [0.15, 0.2) is 12.4 Å². The molecule has 2 heterocycles. The van der Waals surface area contributed by atoms with Crippen LogP contribution in [0.1, 0.15) is 30.3 Å². The Bertz CT molecular complexity index is 626. The first kappa shape index (κ1) is 12.8. The van der Waals surface area contributed by atoms with Crippen molar-refractivity contribution in [2.45, 2.75) is 26.3 Å². The lowest BCUT2D eigenvalue weighted by molar-refractivity contribution is 0.0520. The van der Waals surface area contributed by atoms with Gasteiger partial charge in [0.05, 0.1) is 6.61 Å². The van der Waals surface area contributed by atoms with E-state index in [1.165, 1.54) is 12.8 Å². The Morgan fingerprint density at radius 3 is 2.90 bits per heavy atom. The molecule has 0 atom stereocenters. The molecular weight excluding hydrogens is 258 g/mol. The van der Waals surface area contributed by atoms with Crippen LogP contribution in [0.5, 0.6) is 0 Å². The van der Waals surface area contributed by atoms with Gasteiger partial charge < -0.3 is 9.30 Å². The van der Waals surface area contributed by atoms with Crippen LogP contribution in [-0.2, 0) is 18.3 Å². The van der Waals surface area contributed by atoms with Crippen LogP contribution in [-0.4, -0.2) is 37.1 Å². The standard InChI is InChI=1S/C13H17N5O2/c1-3-20-13(19)10-11(12-14-6-7-17(12)2)18(16-15-10)8-9-4-5-9/h6-7,9H,3-5,8H2,1-2H3. The van der Waals surface area contributed by atoms with Crippen molar-refractivity contribution in [3.05, 3.63) is 18.1 Å². The van der Waals surface area contributed by atoms with Crippen LogP contribution in [0.4, 0.5) is 0 Å². The Labute approximate surface area is 116 Å². The van der Waals surface area contributed by atoms with Gasteiger partial charge in [0.15, 0.2) is 5.82 Å². The second-order valence-corrected chi connectivity index (χ2v) is 4.99. The van der Waals surface area contributed by atoms with Gasteiger partial charge in [0.25, 0.3) is 0 Å². The largest absolute Gasteiger partial charge is 0.461 e. The van der Waals surface area contributed by atoms with Crippen LogP contribution in [0.25, 0.3) is 11.5 Å². The van der Waals surface area contributed by atoms with Crippen molar-refractivity contribution in [2.24, 2.45) is 13.0 Å². The Kier molecular flexibility index (Phi) is 3.25. The number of carbonyl (C=O) groups excluding carboxylic acids is 1. The molecule has 2 aromatic heterocycles. The van der Waals surface area contributed by atoms with Gasteiger partial charge in [0, 0.05) is 26.0 Å². The maximum atomic E-state index is 12.0. The molecule has 0 bridgehead atoms. The van der Waals surface area contributed by atoms with Crippen molar-refractivity contribution in [1.29, 1.82) is 0 Å². The number of rotatable bonds is 5. The molecule has 0 unspecified atom stereocenters. The summed E-state index contributed by atoms with van der Waals surface area (Å²) in [7, 11) is 1.88.